The van der Waals surface area contributed by atoms with E-state index < -0.39 is 0 Å². The Bertz CT molecular complexity index is 801. The highest BCUT2D eigenvalue weighted by atomic mass is 16.5. The Morgan fingerprint density at radius 1 is 1.00 bits per heavy atom. The van der Waals surface area contributed by atoms with E-state index >= 15 is 0 Å². The second-order valence-corrected chi connectivity index (χ2v) is 6.18. The first kappa shape index (κ1) is 20.3. The molecule has 6 nitrogen and oxygen atoms in total. The lowest BCUT2D eigenvalue weighted by atomic mass is 10.1. The van der Waals surface area contributed by atoms with Gasteiger partial charge in [0.05, 0.1) is 7.11 Å². The van der Waals surface area contributed by atoms with Crippen LogP contribution in [-0.2, 0) is 9.59 Å². The van der Waals surface area contributed by atoms with E-state index in [1.807, 2.05) is 25.1 Å². The fraction of sp³-hybridized carbons (Fsp3) is 0.333. The van der Waals surface area contributed by atoms with Crippen LogP contribution in [0, 0.1) is 6.92 Å². The molecule has 0 radical (unpaired) electrons. The maximum absolute atomic E-state index is 12.2. The highest BCUT2D eigenvalue weighted by molar-refractivity contribution is 6.08. The molecule has 27 heavy (non-hydrogen) atoms. The molecule has 0 saturated carbocycles. The highest BCUT2D eigenvalue weighted by Crippen LogP contribution is 2.23. The van der Waals surface area contributed by atoms with Crippen LogP contribution in [0.3, 0.4) is 0 Å². The summed E-state index contributed by atoms with van der Waals surface area (Å²) in [6.07, 6.45) is -0.256. The number of hydrogen-bond acceptors (Lipinski definition) is 4. The summed E-state index contributed by atoms with van der Waals surface area (Å²) in [4.78, 5) is 26.5. The molecular weight excluding hydrogens is 342 g/mol. The largest absolute Gasteiger partial charge is 0.497 e. The van der Waals surface area contributed by atoms with Crippen LogP contribution < -0.4 is 20.3 Å². The smallest absolute Gasteiger partial charge is 0.233 e. The minimum atomic E-state index is -0.377. The average Bonchev–Trinajstić information content (AvgIpc) is 2.64. The van der Waals surface area contributed by atoms with Gasteiger partial charge in [-0.1, -0.05) is 6.07 Å². The van der Waals surface area contributed by atoms with Crippen molar-refractivity contribution in [1.29, 1.82) is 0 Å². The first-order valence-electron chi connectivity index (χ1n) is 9.06. The van der Waals surface area contributed by atoms with Gasteiger partial charge in [-0.25, -0.2) is 0 Å². The van der Waals surface area contributed by atoms with Crippen LogP contribution in [0.2, 0.25) is 0 Å². The summed E-state index contributed by atoms with van der Waals surface area (Å²) in [5, 5.41) is 5.51. The third kappa shape index (κ3) is 5.74. The molecule has 0 spiro atoms. The SMILES string of the molecule is CCN(CC)c1ccc(NC(=O)CC(=O)Nc2cccc(OC)c2)c(C)c1. The highest BCUT2D eigenvalue weighted by Gasteiger charge is 2.12. The summed E-state index contributed by atoms with van der Waals surface area (Å²) < 4.78 is 5.12. The Kier molecular flexibility index (Phi) is 7.23. The Labute approximate surface area is 160 Å². The molecule has 0 saturated heterocycles. The summed E-state index contributed by atoms with van der Waals surface area (Å²) in [6, 6.07) is 12.9. The van der Waals surface area contributed by atoms with Gasteiger partial charge in [0.1, 0.15) is 12.2 Å². The third-order valence-corrected chi connectivity index (χ3v) is 4.29. The van der Waals surface area contributed by atoms with Gasteiger partial charge in [-0.2, -0.15) is 0 Å². The van der Waals surface area contributed by atoms with E-state index in [0.29, 0.717) is 17.1 Å². The number of benzene rings is 2. The zero-order valence-corrected chi connectivity index (χ0v) is 16.3. The van der Waals surface area contributed by atoms with E-state index in [2.05, 4.69) is 29.4 Å². The summed E-state index contributed by atoms with van der Waals surface area (Å²) in [5.41, 5.74) is 3.38. The van der Waals surface area contributed by atoms with Crippen LogP contribution in [0.4, 0.5) is 17.1 Å². The van der Waals surface area contributed by atoms with Crippen molar-refractivity contribution >= 4 is 28.9 Å². The summed E-state index contributed by atoms with van der Waals surface area (Å²) >= 11 is 0. The van der Waals surface area contributed by atoms with Gasteiger partial charge < -0.3 is 20.3 Å². The van der Waals surface area contributed by atoms with Crippen LogP contribution in [-0.4, -0.2) is 32.0 Å². The van der Waals surface area contributed by atoms with Crippen molar-refractivity contribution in [1.82, 2.24) is 0 Å². The van der Waals surface area contributed by atoms with Gasteiger partial charge >= 0.3 is 0 Å². The van der Waals surface area contributed by atoms with Crippen LogP contribution in [0.5, 0.6) is 5.75 Å². The summed E-state index contributed by atoms with van der Waals surface area (Å²) in [7, 11) is 1.56. The molecule has 0 aliphatic heterocycles. The van der Waals surface area contributed by atoms with E-state index in [-0.39, 0.29) is 18.2 Å². The molecule has 0 aliphatic carbocycles. The molecule has 0 aliphatic rings. The monoisotopic (exact) mass is 369 g/mol. The molecule has 0 atom stereocenters. The number of nitrogens with zero attached hydrogens (tertiary/aromatic N) is 1. The first-order valence-corrected chi connectivity index (χ1v) is 9.06. The lowest BCUT2D eigenvalue weighted by molar-refractivity contribution is -0.123. The molecule has 2 N–H and O–H groups in total. The Balaban J connectivity index is 1.95. The van der Waals surface area contributed by atoms with Crippen molar-refractivity contribution < 1.29 is 14.3 Å². The molecule has 2 aromatic rings. The molecule has 6 heteroatoms. The Hall–Kier alpha value is -3.02. The van der Waals surface area contributed by atoms with Crippen LogP contribution in [0.15, 0.2) is 42.5 Å². The molecule has 144 valence electrons. The zero-order chi connectivity index (χ0) is 19.8. The summed E-state index contributed by atoms with van der Waals surface area (Å²) in [6.45, 7) is 8.00. The topological polar surface area (TPSA) is 70.7 Å². The zero-order valence-electron chi connectivity index (χ0n) is 16.3. The van der Waals surface area contributed by atoms with Gasteiger partial charge in [0, 0.05) is 36.2 Å². The fourth-order valence-corrected chi connectivity index (χ4v) is 2.82. The standard InChI is InChI=1S/C21H27N3O3/c1-5-24(6-2)17-10-11-19(15(3)12-17)23-21(26)14-20(25)22-16-8-7-9-18(13-16)27-4/h7-13H,5-6,14H2,1-4H3,(H,22,25)(H,23,26). The second kappa shape index (κ2) is 9.62. The van der Waals surface area contributed by atoms with Crippen LogP contribution >= 0.6 is 0 Å². The van der Waals surface area contributed by atoms with E-state index in [1.165, 1.54) is 0 Å². The predicted molar refractivity (Wildman–Crippen MR) is 110 cm³/mol. The van der Waals surface area contributed by atoms with Crippen molar-refractivity contribution in [3.8, 4) is 5.75 Å². The van der Waals surface area contributed by atoms with Crippen molar-refractivity contribution in [2.75, 3.05) is 35.7 Å². The fourth-order valence-electron chi connectivity index (χ4n) is 2.82. The minimum Gasteiger partial charge on any atom is -0.497 e. The maximum atomic E-state index is 12.2. The maximum Gasteiger partial charge on any atom is 0.233 e. The number of hydrogen-bond donors (Lipinski definition) is 2. The van der Waals surface area contributed by atoms with Crippen molar-refractivity contribution in [2.24, 2.45) is 0 Å². The lowest BCUT2D eigenvalue weighted by Gasteiger charge is -2.22. The van der Waals surface area contributed by atoms with Crippen molar-refractivity contribution in [2.45, 2.75) is 27.2 Å². The number of methoxy groups -OCH3 is 1. The number of carbonyl (C=O) groups excluding carboxylic acids is 2. The third-order valence-electron chi connectivity index (χ3n) is 4.29. The van der Waals surface area contributed by atoms with Gasteiger partial charge in [0.25, 0.3) is 0 Å². The van der Waals surface area contributed by atoms with Gasteiger partial charge in [0.15, 0.2) is 0 Å². The number of aryl methyl sites for hydroxylation is 1. The number of amides is 2. The number of ether oxygens (including phenoxy) is 1. The molecule has 2 rings (SSSR count). The molecule has 0 fully saturated rings. The lowest BCUT2D eigenvalue weighted by Crippen LogP contribution is -2.23. The first-order chi connectivity index (χ1) is 13.0. The number of rotatable bonds is 8. The quantitative estimate of drug-likeness (QED) is 0.694. The van der Waals surface area contributed by atoms with Crippen LogP contribution in [0.1, 0.15) is 25.8 Å². The van der Waals surface area contributed by atoms with E-state index in [0.717, 1.165) is 24.3 Å². The minimum absolute atomic E-state index is 0.256. The molecule has 0 unspecified atom stereocenters. The number of anilines is 3. The van der Waals surface area contributed by atoms with Crippen molar-refractivity contribution in [3.63, 3.8) is 0 Å². The van der Waals surface area contributed by atoms with Crippen molar-refractivity contribution in [3.05, 3.63) is 48.0 Å². The van der Waals surface area contributed by atoms with Crippen LogP contribution in [0.25, 0.3) is 0 Å². The number of carbonyl (C=O) groups is 2. The summed E-state index contributed by atoms with van der Waals surface area (Å²) in [5.74, 6) is -0.0894. The average molecular weight is 369 g/mol. The molecule has 0 heterocycles. The molecule has 0 bridgehead atoms. The predicted octanol–water partition coefficient (Wildman–Crippen LogP) is 3.82. The van der Waals surface area contributed by atoms with Gasteiger partial charge in [-0.05, 0) is 56.7 Å². The molecular formula is C21H27N3O3. The van der Waals surface area contributed by atoms with Gasteiger partial charge in [-0.3, -0.25) is 9.59 Å². The molecule has 0 aromatic heterocycles. The van der Waals surface area contributed by atoms with E-state index in [1.54, 1.807) is 31.4 Å². The number of nitrogens with one attached hydrogen (secondary N) is 2. The van der Waals surface area contributed by atoms with E-state index in [4.69, 9.17) is 4.74 Å². The Morgan fingerprint density at radius 3 is 2.33 bits per heavy atom. The Morgan fingerprint density at radius 2 is 1.70 bits per heavy atom. The van der Waals surface area contributed by atoms with E-state index in [9.17, 15) is 9.59 Å². The van der Waals surface area contributed by atoms with Gasteiger partial charge in [-0.15, -0.1) is 0 Å². The second-order valence-electron chi connectivity index (χ2n) is 6.18. The molecule has 2 aromatic carbocycles. The normalized spacial score (nSPS) is 10.2. The van der Waals surface area contributed by atoms with Gasteiger partial charge in [0.2, 0.25) is 11.8 Å². The molecule has 2 amide bonds.